The molecule has 0 radical (unpaired) electrons. The molecular formula is C37H40F3N7O6. The first kappa shape index (κ1) is 37.5. The number of imidazole rings is 1. The van der Waals surface area contributed by atoms with Crippen LogP contribution >= 0.6 is 0 Å². The number of nitrogens with one attached hydrogen (secondary N) is 2. The van der Waals surface area contributed by atoms with Crippen molar-refractivity contribution in [2.75, 3.05) is 41.8 Å². The summed E-state index contributed by atoms with van der Waals surface area (Å²) in [6, 6.07) is 31.0. The van der Waals surface area contributed by atoms with Crippen LogP contribution in [0, 0.1) is 0 Å². The summed E-state index contributed by atoms with van der Waals surface area (Å²) in [4.78, 5) is 25.8. The third-order valence-electron chi connectivity index (χ3n) is 9.27. The van der Waals surface area contributed by atoms with Crippen LogP contribution in [-0.2, 0) is 9.53 Å². The normalized spacial score (nSPS) is 21.4. The number of aromatic nitrogens is 4. The molecule has 4 heterocycles. The predicted octanol–water partition coefficient (Wildman–Crippen LogP) is 4.40. The van der Waals surface area contributed by atoms with Crippen LogP contribution in [0.4, 0.5) is 30.6 Å². The number of halogens is 3. The Balaban J connectivity index is 0.000000626. The number of carbonyl (C=O) groups is 1. The molecule has 0 aliphatic carbocycles. The lowest BCUT2D eigenvalue weighted by Crippen LogP contribution is -2.36. The molecule has 53 heavy (non-hydrogen) atoms. The van der Waals surface area contributed by atoms with E-state index in [1.807, 2.05) is 54.6 Å². The van der Waals surface area contributed by atoms with Gasteiger partial charge in [-0.25, -0.2) is 9.78 Å². The van der Waals surface area contributed by atoms with E-state index in [0.717, 1.165) is 31.6 Å². The first-order valence-electron chi connectivity index (χ1n) is 17.1. The second kappa shape index (κ2) is 16.6. The van der Waals surface area contributed by atoms with Crippen molar-refractivity contribution in [2.24, 2.45) is 0 Å². The van der Waals surface area contributed by atoms with E-state index < -0.39 is 43.3 Å². The van der Waals surface area contributed by atoms with Crippen molar-refractivity contribution in [3.05, 3.63) is 108 Å². The molecule has 6 N–H and O–H groups in total. The van der Waals surface area contributed by atoms with Crippen LogP contribution in [0.1, 0.15) is 36.1 Å². The van der Waals surface area contributed by atoms with Crippen LogP contribution < -0.4 is 15.5 Å². The van der Waals surface area contributed by atoms with Gasteiger partial charge >= 0.3 is 12.1 Å². The van der Waals surface area contributed by atoms with Gasteiger partial charge in [0.2, 0.25) is 5.95 Å². The first-order chi connectivity index (χ1) is 25.5. The van der Waals surface area contributed by atoms with Gasteiger partial charge in [0, 0.05) is 37.3 Å². The monoisotopic (exact) mass is 735 g/mol. The lowest BCUT2D eigenvalue weighted by Gasteiger charge is -2.26. The number of ether oxygens (including phenoxy) is 1. The highest BCUT2D eigenvalue weighted by Crippen LogP contribution is 2.35. The number of aliphatic hydroxyl groups is 3. The molecule has 2 aliphatic rings. The second-order valence-electron chi connectivity index (χ2n) is 12.7. The summed E-state index contributed by atoms with van der Waals surface area (Å²) in [5.41, 5.74) is 4.41. The number of para-hydroxylation sites is 1. The van der Waals surface area contributed by atoms with Gasteiger partial charge in [-0.2, -0.15) is 23.1 Å². The van der Waals surface area contributed by atoms with Crippen molar-refractivity contribution in [3.8, 4) is 0 Å². The minimum atomic E-state index is -5.08. The van der Waals surface area contributed by atoms with Crippen LogP contribution in [0.5, 0.6) is 0 Å². The molecule has 5 atom stereocenters. The van der Waals surface area contributed by atoms with E-state index in [0.29, 0.717) is 29.5 Å². The van der Waals surface area contributed by atoms with Gasteiger partial charge in [-0.05, 0) is 36.1 Å². The maximum absolute atomic E-state index is 10.9. The Morgan fingerprint density at radius 3 is 2.08 bits per heavy atom. The molecule has 2 saturated heterocycles. The summed E-state index contributed by atoms with van der Waals surface area (Å²) in [5.74, 6) is -1.58. The molecule has 7 rings (SSSR count). The number of nitrogens with zero attached hydrogens (tertiary/aromatic N) is 5. The molecule has 0 spiro atoms. The SMILES string of the molecule is O=C(O)C(F)(F)F.OC[C@H]1O[C@@H](n2cnc3c(NCC(c4ccccc4)c4ccccc4)nc(N4CCC[C@@H]4CNc4ccccc4)nc32)[C@H](O)[C@@H]1O. The number of rotatable bonds is 11. The number of alkyl halides is 3. The summed E-state index contributed by atoms with van der Waals surface area (Å²) in [6.07, 6.45) is -5.93. The Bertz CT molecular complexity index is 1900. The molecule has 2 aliphatic heterocycles. The fourth-order valence-electron chi connectivity index (χ4n) is 6.55. The molecule has 280 valence electrons. The zero-order valence-corrected chi connectivity index (χ0v) is 28.4. The third-order valence-corrected chi connectivity index (χ3v) is 9.27. The van der Waals surface area contributed by atoms with Gasteiger partial charge in [0.1, 0.15) is 18.3 Å². The van der Waals surface area contributed by atoms with E-state index in [4.69, 9.17) is 24.6 Å². The van der Waals surface area contributed by atoms with Crippen LogP contribution in [0.2, 0.25) is 0 Å². The smallest absolute Gasteiger partial charge is 0.475 e. The highest BCUT2D eigenvalue weighted by atomic mass is 19.4. The molecule has 3 aromatic carbocycles. The Labute approximate surface area is 302 Å². The number of benzene rings is 3. The van der Waals surface area contributed by atoms with Crippen molar-refractivity contribution in [1.82, 2.24) is 19.5 Å². The largest absolute Gasteiger partial charge is 0.490 e. The lowest BCUT2D eigenvalue weighted by molar-refractivity contribution is -0.192. The summed E-state index contributed by atoms with van der Waals surface area (Å²) >= 11 is 0. The van der Waals surface area contributed by atoms with Gasteiger partial charge in [0.15, 0.2) is 23.2 Å². The number of aliphatic carboxylic acids is 1. The molecule has 0 saturated carbocycles. The number of anilines is 3. The van der Waals surface area contributed by atoms with Crippen molar-refractivity contribution in [1.29, 1.82) is 0 Å². The number of aliphatic hydroxyl groups excluding tert-OH is 3. The molecule has 0 amide bonds. The number of hydrogen-bond donors (Lipinski definition) is 6. The summed E-state index contributed by atoms with van der Waals surface area (Å²) in [6.45, 7) is 1.66. The molecule has 0 bridgehead atoms. The van der Waals surface area contributed by atoms with Crippen LogP contribution in [0.25, 0.3) is 11.2 Å². The summed E-state index contributed by atoms with van der Waals surface area (Å²) in [7, 11) is 0. The number of fused-ring (bicyclic) bond motifs is 1. The van der Waals surface area contributed by atoms with E-state index in [1.165, 1.54) is 11.1 Å². The third kappa shape index (κ3) is 8.68. The molecule has 5 aromatic rings. The Kier molecular flexibility index (Phi) is 11.7. The van der Waals surface area contributed by atoms with Gasteiger partial charge in [0.25, 0.3) is 0 Å². The van der Waals surface area contributed by atoms with E-state index >= 15 is 0 Å². The molecule has 13 nitrogen and oxygen atoms in total. The fourth-order valence-corrected chi connectivity index (χ4v) is 6.55. The fraction of sp³-hybridized carbons (Fsp3) is 0.351. The quantitative estimate of drug-likeness (QED) is 0.113. The Hall–Kier alpha value is -5.29. The average molecular weight is 736 g/mol. The highest BCUT2D eigenvalue weighted by molar-refractivity contribution is 5.84. The lowest BCUT2D eigenvalue weighted by atomic mass is 9.91. The van der Waals surface area contributed by atoms with Gasteiger partial charge in [-0.15, -0.1) is 0 Å². The van der Waals surface area contributed by atoms with E-state index in [2.05, 4.69) is 56.9 Å². The van der Waals surface area contributed by atoms with Crippen LogP contribution in [0.3, 0.4) is 0 Å². The average Bonchev–Trinajstić information content (AvgIpc) is 3.89. The zero-order chi connectivity index (χ0) is 37.5. The van der Waals surface area contributed by atoms with Crippen molar-refractivity contribution < 1.29 is 43.1 Å². The van der Waals surface area contributed by atoms with Crippen molar-refractivity contribution in [3.63, 3.8) is 0 Å². The maximum Gasteiger partial charge on any atom is 0.490 e. The Morgan fingerprint density at radius 1 is 0.906 bits per heavy atom. The van der Waals surface area contributed by atoms with Gasteiger partial charge in [-0.1, -0.05) is 78.9 Å². The molecule has 2 fully saturated rings. The number of hydrogen-bond acceptors (Lipinski definition) is 11. The predicted molar refractivity (Wildman–Crippen MR) is 191 cm³/mol. The molecular weight excluding hydrogens is 695 g/mol. The summed E-state index contributed by atoms with van der Waals surface area (Å²) in [5, 5.41) is 45.4. The topological polar surface area (TPSA) is 178 Å². The van der Waals surface area contributed by atoms with E-state index in [1.54, 1.807) is 10.9 Å². The minimum absolute atomic E-state index is 0.0491. The first-order valence-corrected chi connectivity index (χ1v) is 17.1. The van der Waals surface area contributed by atoms with E-state index in [-0.39, 0.29) is 12.0 Å². The van der Waals surface area contributed by atoms with Gasteiger partial charge in [-0.3, -0.25) is 4.57 Å². The molecule has 2 aromatic heterocycles. The van der Waals surface area contributed by atoms with Crippen molar-refractivity contribution >= 4 is 34.6 Å². The van der Waals surface area contributed by atoms with Crippen LogP contribution in [0.15, 0.2) is 97.3 Å². The minimum Gasteiger partial charge on any atom is -0.475 e. The number of carboxylic acid groups (broad SMARTS) is 1. The Morgan fingerprint density at radius 2 is 1.51 bits per heavy atom. The van der Waals surface area contributed by atoms with Gasteiger partial charge < -0.3 is 40.7 Å². The van der Waals surface area contributed by atoms with E-state index in [9.17, 15) is 28.5 Å². The second-order valence-corrected chi connectivity index (χ2v) is 12.7. The zero-order valence-electron chi connectivity index (χ0n) is 28.4. The standard InChI is InChI=1S/C35H39N7O4.C2HF3O2/c43-21-28-30(44)31(45)34(46-28)42-22-38-29-32(37-20-27(23-11-4-1-5-12-23)24-13-6-2-7-14-24)39-35(40-33(29)42)41-18-10-17-26(41)19-36-25-15-8-3-9-16-25;3-2(4,5)1(6)7/h1-9,11-16,22,26-28,30-31,34,36,43-45H,10,17-21H2,(H,37,39,40);(H,6,7)/t26-,28-,30-,31-,34-;/m1./s1. The summed E-state index contributed by atoms with van der Waals surface area (Å²) < 4.78 is 39.3. The van der Waals surface area contributed by atoms with Gasteiger partial charge in [0.05, 0.1) is 12.9 Å². The molecule has 0 unspecified atom stereocenters. The maximum atomic E-state index is 10.9. The van der Waals surface area contributed by atoms with Crippen LogP contribution in [-0.4, -0.2) is 103 Å². The number of carboxylic acids is 1. The molecule has 16 heteroatoms. The van der Waals surface area contributed by atoms with Crippen molar-refractivity contribution in [2.45, 2.75) is 55.5 Å². The highest BCUT2D eigenvalue weighted by Gasteiger charge is 2.44.